The zero-order valence-electron chi connectivity index (χ0n) is 12.8. The van der Waals surface area contributed by atoms with Crippen molar-refractivity contribution in [3.8, 4) is 0 Å². The molecular formula is C15H22N2O4S. The Morgan fingerprint density at radius 2 is 2.27 bits per heavy atom. The number of allylic oxidation sites excluding steroid dienone is 1. The fourth-order valence-corrected chi connectivity index (χ4v) is 3.41. The zero-order chi connectivity index (χ0) is 15.9. The molecule has 1 saturated heterocycles. The molecule has 2 rings (SSSR count). The van der Waals surface area contributed by atoms with Crippen LogP contribution in [0.25, 0.3) is 0 Å². The molecule has 0 aromatic carbocycles. The maximum Gasteiger partial charge on any atom is 0.230 e. The predicted octanol–water partition coefficient (Wildman–Crippen LogP) is 1.61. The number of hydrogen-bond donors (Lipinski definition) is 2. The highest BCUT2D eigenvalue weighted by atomic mass is 32.2. The number of aliphatic hydroxyl groups excluding tert-OH is 1. The second kappa shape index (κ2) is 8.33. The Morgan fingerprint density at radius 1 is 1.45 bits per heavy atom. The summed E-state index contributed by atoms with van der Waals surface area (Å²) in [5.74, 6) is 0.0365. The molecule has 1 atom stereocenters. The molecule has 0 aromatic heterocycles. The normalized spacial score (nSPS) is 23.0. The fraction of sp³-hybridized carbons (Fsp3) is 0.667. The van der Waals surface area contributed by atoms with Crippen molar-refractivity contribution in [1.29, 1.82) is 0 Å². The Bertz CT molecular complexity index is 496. The minimum Gasteiger partial charge on any atom is -0.511 e. The molecule has 1 fully saturated rings. The third-order valence-electron chi connectivity index (χ3n) is 3.69. The molecule has 0 bridgehead atoms. The molecule has 2 aliphatic rings. The monoisotopic (exact) mass is 326 g/mol. The first-order chi connectivity index (χ1) is 10.6. The van der Waals surface area contributed by atoms with Crippen LogP contribution >= 0.6 is 11.8 Å². The molecular weight excluding hydrogens is 304 g/mol. The van der Waals surface area contributed by atoms with Crippen molar-refractivity contribution in [3.05, 3.63) is 11.3 Å². The van der Waals surface area contributed by atoms with Crippen LogP contribution in [-0.4, -0.2) is 53.9 Å². The number of carbonyl (C=O) groups is 2. The number of ether oxygens (including phenoxy) is 1. The minimum atomic E-state index is -0.120. The largest absolute Gasteiger partial charge is 0.511 e. The Morgan fingerprint density at radius 3 is 2.91 bits per heavy atom. The van der Waals surface area contributed by atoms with Gasteiger partial charge in [0.2, 0.25) is 5.91 Å². The summed E-state index contributed by atoms with van der Waals surface area (Å²) >= 11 is 1.18. The summed E-state index contributed by atoms with van der Waals surface area (Å²) in [7, 11) is 1.56. The van der Waals surface area contributed by atoms with Crippen molar-refractivity contribution >= 4 is 28.5 Å². The maximum atomic E-state index is 11.9. The van der Waals surface area contributed by atoms with Crippen LogP contribution in [0.1, 0.15) is 32.1 Å². The average Bonchev–Trinajstić information content (AvgIpc) is 3.01. The lowest BCUT2D eigenvalue weighted by Crippen LogP contribution is -2.33. The number of amides is 1. The summed E-state index contributed by atoms with van der Waals surface area (Å²) in [5, 5.41) is 13.2. The maximum absolute atomic E-state index is 11.9. The van der Waals surface area contributed by atoms with Crippen LogP contribution < -0.4 is 5.32 Å². The van der Waals surface area contributed by atoms with Gasteiger partial charge < -0.3 is 15.2 Å². The third kappa shape index (κ3) is 4.58. The number of thioether (sulfide) groups is 1. The molecule has 0 radical (unpaired) electrons. The second-order valence-electron chi connectivity index (χ2n) is 5.35. The van der Waals surface area contributed by atoms with E-state index in [9.17, 15) is 14.7 Å². The SMILES string of the molecule is CN=C(SCC(=O)NCC1CCCO1)C1=C(O)CCCC1=O. The molecule has 0 aromatic rings. The Labute approximate surface area is 134 Å². The number of hydrogen-bond acceptors (Lipinski definition) is 6. The summed E-state index contributed by atoms with van der Waals surface area (Å²) in [5.41, 5.74) is 0.283. The Kier molecular flexibility index (Phi) is 6.45. The van der Waals surface area contributed by atoms with Gasteiger partial charge in [0.25, 0.3) is 0 Å². The van der Waals surface area contributed by atoms with Crippen molar-refractivity contribution in [2.75, 3.05) is 26.0 Å². The summed E-state index contributed by atoms with van der Waals surface area (Å²) < 4.78 is 5.44. The van der Waals surface area contributed by atoms with E-state index < -0.39 is 0 Å². The lowest BCUT2D eigenvalue weighted by molar-refractivity contribution is -0.119. The van der Waals surface area contributed by atoms with E-state index in [1.807, 2.05) is 0 Å². The van der Waals surface area contributed by atoms with Crippen molar-refractivity contribution in [1.82, 2.24) is 5.32 Å². The molecule has 6 nitrogen and oxygen atoms in total. The molecule has 0 saturated carbocycles. The summed E-state index contributed by atoms with van der Waals surface area (Å²) in [6.07, 6.45) is 3.70. The van der Waals surface area contributed by atoms with Gasteiger partial charge in [0.15, 0.2) is 5.78 Å². The average molecular weight is 326 g/mol. The van der Waals surface area contributed by atoms with Crippen molar-refractivity contribution in [2.45, 2.75) is 38.2 Å². The topological polar surface area (TPSA) is 88.0 Å². The highest BCUT2D eigenvalue weighted by Gasteiger charge is 2.25. The first-order valence-electron chi connectivity index (χ1n) is 7.55. The van der Waals surface area contributed by atoms with Crippen LogP contribution in [0.15, 0.2) is 16.3 Å². The predicted molar refractivity (Wildman–Crippen MR) is 86.3 cm³/mol. The van der Waals surface area contributed by atoms with Crippen LogP contribution in [0.2, 0.25) is 0 Å². The van der Waals surface area contributed by atoms with Gasteiger partial charge in [0.1, 0.15) is 10.8 Å². The van der Waals surface area contributed by atoms with Crippen LogP contribution in [-0.2, 0) is 14.3 Å². The minimum absolute atomic E-state index is 0.0871. The summed E-state index contributed by atoms with van der Waals surface area (Å²) in [6.45, 7) is 1.28. The van der Waals surface area contributed by atoms with E-state index in [4.69, 9.17) is 4.74 Å². The van der Waals surface area contributed by atoms with E-state index in [0.717, 1.165) is 19.4 Å². The van der Waals surface area contributed by atoms with E-state index in [2.05, 4.69) is 10.3 Å². The molecule has 1 aliphatic heterocycles. The Balaban J connectivity index is 1.83. The number of ketones is 1. The van der Waals surface area contributed by atoms with Crippen molar-refractivity contribution < 1.29 is 19.4 Å². The van der Waals surface area contributed by atoms with Crippen LogP contribution in [0.5, 0.6) is 0 Å². The number of carbonyl (C=O) groups excluding carboxylic acids is 2. The zero-order valence-corrected chi connectivity index (χ0v) is 13.6. The van der Waals surface area contributed by atoms with E-state index in [1.54, 1.807) is 7.05 Å². The van der Waals surface area contributed by atoms with Gasteiger partial charge >= 0.3 is 0 Å². The Hall–Kier alpha value is -1.34. The molecule has 0 spiro atoms. The lowest BCUT2D eigenvalue weighted by atomic mass is 9.97. The number of nitrogens with zero attached hydrogens (tertiary/aromatic N) is 1. The molecule has 122 valence electrons. The van der Waals surface area contributed by atoms with Gasteiger partial charge in [0.05, 0.1) is 17.4 Å². The highest BCUT2D eigenvalue weighted by Crippen LogP contribution is 2.25. The number of aliphatic hydroxyl groups is 1. The molecule has 22 heavy (non-hydrogen) atoms. The molecule has 1 heterocycles. The van der Waals surface area contributed by atoms with Gasteiger partial charge in [-0.15, -0.1) is 0 Å². The number of rotatable bonds is 5. The molecule has 1 aliphatic carbocycles. The summed E-state index contributed by atoms with van der Waals surface area (Å²) in [6, 6.07) is 0. The molecule has 1 unspecified atom stereocenters. The van der Waals surface area contributed by atoms with Gasteiger partial charge in [-0.25, -0.2) is 0 Å². The first kappa shape index (κ1) is 17.0. The number of aliphatic imine (C=N–C) groups is 1. The van der Waals surface area contributed by atoms with Gasteiger partial charge in [-0.05, 0) is 19.3 Å². The molecule has 7 heteroatoms. The van der Waals surface area contributed by atoms with Gasteiger partial charge in [0, 0.05) is 33.0 Å². The van der Waals surface area contributed by atoms with E-state index >= 15 is 0 Å². The van der Waals surface area contributed by atoms with Crippen LogP contribution in [0.3, 0.4) is 0 Å². The van der Waals surface area contributed by atoms with E-state index in [1.165, 1.54) is 11.8 Å². The van der Waals surface area contributed by atoms with Crippen molar-refractivity contribution in [2.24, 2.45) is 4.99 Å². The third-order valence-corrected chi connectivity index (χ3v) is 4.76. The van der Waals surface area contributed by atoms with Crippen LogP contribution in [0, 0.1) is 0 Å². The van der Waals surface area contributed by atoms with Crippen LogP contribution in [0.4, 0.5) is 0 Å². The van der Waals surface area contributed by atoms with Crippen molar-refractivity contribution in [3.63, 3.8) is 0 Å². The first-order valence-corrected chi connectivity index (χ1v) is 8.54. The number of Topliss-reactive ketones (excluding diaryl/α,β-unsaturated/α-hetero) is 1. The van der Waals surface area contributed by atoms with E-state index in [0.29, 0.717) is 30.9 Å². The fourth-order valence-electron chi connectivity index (χ4n) is 2.54. The van der Waals surface area contributed by atoms with Gasteiger partial charge in [-0.3, -0.25) is 14.6 Å². The van der Waals surface area contributed by atoms with Gasteiger partial charge in [-0.1, -0.05) is 11.8 Å². The van der Waals surface area contributed by atoms with E-state index in [-0.39, 0.29) is 34.9 Å². The standard InChI is InChI=1S/C15H22N2O4S/c1-16-15(14-11(18)5-2-6-12(14)19)22-9-13(20)17-8-10-4-3-7-21-10/h10,18H,2-9H2,1H3,(H,17,20). The number of nitrogens with one attached hydrogen (secondary N) is 1. The van der Waals surface area contributed by atoms with Gasteiger partial charge in [-0.2, -0.15) is 0 Å². The molecule has 1 amide bonds. The second-order valence-corrected chi connectivity index (χ2v) is 6.32. The smallest absolute Gasteiger partial charge is 0.230 e. The molecule has 2 N–H and O–H groups in total. The lowest BCUT2D eigenvalue weighted by Gasteiger charge is -2.16. The summed E-state index contributed by atoms with van der Waals surface area (Å²) in [4.78, 5) is 27.8. The quantitative estimate of drug-likeness (QED) is 0.592. The highest BCUT2D eigenvalue weighted by molar-refractivity contribution is 8.15.